The van der Waals surface area contributed by atoms with Crippen molar-refractivity contribution in [3.05, 3.63) is 17.2 Å². The lowest BCUT2D eigenvalue weighted by Gasteiger charge is -2.24. The second kappa shape index (κ2) is 3.68. The van der Waals surface area contributed by atoms with Crippen molar-refractivity contribution in [3.63, 3.8) is 0 Å². The van der Waals surface area contributed by atoms with E-state index in [1.165, 1.54) is 0 Å². The number of nitrogens with two attached hydrogens (primary N) is 1. The molecule has 0 aliphatic rings. The molecule has 0 saturated heterocycles. The molecule has 0 atom stereocenters. The van der Waals surface area contributed by atoms with Crippen molar-refractivity contribution < 1.29 is 0 Å². The Balaban J connectivity index is 3.05. The molecule has 0 aliphatic heterocycles. The van der Waals surface area contributed by atoms with Crippen LogP contribution in [0.25, 0.3) is 0 Å². The van der Waals surface area contributed by atoms with Gasteiger partial charge in [0.15, 0.2) is 5.15 Å². The third-order valence-electron chi connectivity index (χ3n) is 2.30. The van der Waals surface area contributed by atoms with Crippen LogP contribution >= 0.6 is 11.6 Å². The van der Waals surface area contributed by atoms with E-state index in [0.717, 1.165) is 12.1 Å². The van der Waals surface area contributed by atoms with Gasteiger partial charge in [-0.3, -0.25) is 0 Å². The van der Waals surface area contributed by atoms with Crippen LogP contribution in [0.5, 0.6) is 0 Å². The lowest BCUT2D eigenvalue weighted by Crippen LogP contribution is -2.24. The normalized spacial score (nSPS) is 12.1. The van der Waals surface area contributed by atoms with E-state index in [2.05, 4.69) is 18.8 Å². The van der Waals surface area contributed by atoms with Crippen LogP contribution in [-0.2, 0) is 12.5 Å². The van der Waals surface area contributed by atoms with E-state index in [9.17, 15) is 0 Å². The summed E-state index contributed by atoms with van der Waals surface area (Å²) in [6.45, 7) is 4.92. The van der Waals surface area contributed by atoms with Gasteiger partial charge >= 0.3 is 0 Å². The number of hydrogen-bond acceptors (Lipinski definition) is 2. The smallest absolute Gasteiger partial charge is 0.150 e. The fraction of sp³-hybridized carbons (Fsp3) is 0.667. The highest BCUT2D eigenvalue weighted by Gasteiger charge is 2.26. The molecule has 1 aromatic rings. The molecule has 1 aromatic heterocycles. The molecule has 0 bridgehead atoms. The van der Waals surface area contributed by atoms with Crippen molar-refractivity contribution >= 4 is 11.6 Å². The Hall–Kier alpha value is -0.540. The average molecular weight is 202 g/mol. The van der Waals surface area contributed by atoms with Crippen molar-refractivity contribution in [2.24, 2.45) is 12.8 Å². The van der Waals surface area contributed by atoms with Gasteiger partial charge in [-0.15, -0.1) is 0 Å². The van der Waals surface area contributed by atoms with E-state index in [1.807, 2.05) is 11.6 Å². The second-order valence-corrected chi connectivity index (χ2v) is 4.28. The van der Waals surface area contributed by atoms with Gasteiger partial charge in [-0.05, 0) is 13.0 Å². The Labute approximate surface area is 83.9 Å². The fourth-order valence-electron chi connectivity index (χ4n) is 1.64. The Kier molecular flexibility index (Phi) is 2.98. The molecular weight excluding hydrogens is 186 g/mol. The zero-order valence-electron chi connectivity index (χ0n) is 8.34. The van der Waals surface area contributed by atoms with Gasteiger partial charge in [-0.1, -0.05) is 25.4 Å². The molecule has 13 heavy (non-hydrogen) atoms. The van der Waals surface area contributed by atoms with E-state index >= 15 is 0 Å². The molecule has 1 heterocycles. The largest absolute Gasteiger partial charge is 0.336 e. The molecule has 0 spiro atoms. The van der Waals surface area contributed by atoms with E-state index in [4.69, 9.17) is 17.3 Å². The number of rotatable bonds is 3. The van der Waals surface area contributed by atoms with Crippen molar-refractivity contribution in [2.45, 2.75) is 25.7 Å². The van der Waals surface area contributed by atoms with E-state index in [0.29, 0.717) is 11.7 Å². The van der Waals surface area contributed by atoms with Crippen molar-refractivity contribution in [3.8, 4) is 0 Å². The molecule has 1 rings (SSSR count). The van der Waals surface area contributed by atoms with Crippen LogP contribution in [-0.4, -0.2) is 16.1 Å². The summed E-state index contributed by atoms with van der Waals surface area (Å²) in [5.41, 5.74) is 6.60. The van der Waals surface area contributed by atoms with E-state index < -0.39 is 0 Å². The van der Waals surface area contributed by atoms with Gasteiger partial charge in [0.2, 0.25) is 0 Å². The SMILES string of the molecule is Cn1cnc(Cl)c1C(C)(C)CCN. The molecule has 0 saturated carbocycles. The summed E-state index contributed by atoms with van der Waals surface area (Å²) < 4.78 is 1.96. The van der Waals surface area contributed by atoms with Gasteiger partial charge in [0, 0.05) is 12.5 Å². The quantitative estimate of drug-likeness (QED) is 0.809. The summed E-state index contributed by atoms with van der Waals surface area (Å²) in [4.78, 5) is 4.05. The van der Waals surface area contributed by atoms with Crippen LogP contribution in [0, 0.1) is 0 Å². The maximum absolute atomic E-state index is 5.99. The molecule has 0 unspecified atom stereocenters. The highest BCUT2D eigenvalue weighted by molar-refractivity contribution is 6.30. The number of aromatic nitrogens is 2. The molecule has 0 radical (unpaired) electrons. The molecule has 74 valence electrons. The van der Waals surface area contributed by atoms with Crippen LogP contribution in [0.2, 0.25) is 5.15 Å². The van der Waals surface area contributed by atoms with Crippen molar-refractivity contribution in [1.29, 1.82) is 0 Å². The molecule has 0 amide bonds. The number of nitrogens with zero attached hydrogens (tertiary/aromatic N) is 2. The molecule has 3 nitrogen and oxygen atoms in total. The standard InChI is InChI=1S/C9H16ClN3/c1-9(2,4-5-11)7-8(10)12-6-13(7)3/h6H,4-5,11H2,1-3H3. The zero-order chi connectivity index (χ0) is 10.1. The lowest BCUT2D eigenvalue weighted by molar-refractivity contribution is 0.458. The minimum atomic E-state index is -0.00289. The Morgan fingerprint density at radius 1 is 1.62 bits per heavy atom. The predicted octanol–water partition coefficient (Wildman–Crippen LogP) is 1.70. The number of imidazole rings is 1. The monoisotopic (exact) mass is 201 g/mol. The van der Waals surface area contributed by atoms with Gasteiger partial charge in [0.05, 0.1) is 12.0 Å². The van der Waals surface area contributed by atoms with Gasteiger partial charge in [-0.25, -0.2) is 4.98 Å². The second-order valence-electron chi connectivity index (χ2n) is 3.92. The minimum Gasteiger partial charge on any atom is -0.336 e. The molecule has 2 N–H and O–H groups in total. The first-order valence-corrected chi connectivity index (χ1v) is 4.74. The van der Waals surface area contributed by atoms with Crippen molar-refractivity contribution in [2.75, 3.05) is 6.54 Å². The maximum Gasteiger partial charge on any atom is 0.150 e. The summed E-state index contributed by atoms with van der Waals surface area (Å²) >= 11 is 5.99. The van der Waals surface area contributed by atoms with Crippen LogP contribution in [0.4, 0.5) is 0 Å². The Morgan fingerprint density at radius 2 is 2.23 bits per heavy atom. The first kappa shape index (κ1) is 10.5. The predicted molar refractivity (Wildman–Crippen MR) is 54.9 cm³/mol. The summed E-state index contributed by atoms with van der Waals surface area (Å²) in [6.07, 6.45) is 2.64. The van der Waals surface area contributed by atoms with Crippen LogP contribution in [0.3, 0.4) is 0 Å². The third kappa shape index (κ3) is 2.03. The van der Waals surface area contributed by atoms with Gasteiger partial charge < -0.3 is 10.3 Å². The number of hydrogen-bond donors (Lipinski definition) is 1. The van der Waals surface area contributed by atoms with E-state index in [-0.39, 0.29) is 5.41 Å². The summed E-state index contributed by atoms with van der Waals surface area (Å²) in [5, 5.41) is 0.584. The highest BCUT2D eigenvalue weighted by atomic mass is 35.5. The summed E-state index contributed by atoms with van der Waals surface area (Å²) in [7, 11) is 1.95. The van der Waals surface area contributed by atoms with Gasteiger partial charge in [0.25, 0.3) is 0 Å². The third-order valence-corrected chi connectivity index (χ3v) is 2.58. The number of halogens is 1. The van der Waals surface area contributed by atoms with Crippen molar-refractivity contribution in [1.82, 2.24) is 9.55 Å². The maximum atomic E-state index is 5.99. The van der Waals surface area contributed by atoms with Gasteiger partial charge in [0.1, 0.15) is 0 Å². The molecule has 0 aliphatic carbocycles. The zero-order valence-corrected chi connectivity index (χ0v) is 9.10. The highest BCUT2D eigenvalue weighted by Crippen LogP contribution is 2.30. The Bertz CT molecular complexity index is 272. The molecule has 0 aromatic carbocycles. The first-order valence-electron chi connectivity index (χ1n) is 4.36. The summed E-state index contributed by atoms with van der Waals surface area (Å²) in [6, 6.07) is 0. The first-order chi connectivity index (χ1) is 5.99. The lowest BCUT2D eigenvalue weighted by atomic mass is 9.86. The Morgan fingerprint density at radius 3 is 2.62 bits per heavy atom. The molecule has 4 heteroatoms. The minimum absolute atomic E-state index is 0.00289. The van der Waals surface area contributed by atoms with E-state index in [1.54, 1.807) is 6.33 Å². The van der Waals surface area contributed by atoms with Crippen LogP contribution < -0.4 is 5.73 Å². The van der Waals surface area contributed by atoms with Crippen LogP contribution in [0.1, 0.15) is 26.0 Å². The summed E-state index contributed by atoms with van der Waals surface area (Å²) in [5.74, 6) is 0. The van der Waals surface area contributed by atoms with Gasteiger partial charge in [-0.2, -0.15) is 0 Å². The van der Waals surface area contributed by atoms with Crippen LogP contribution in [0.15, 0.2) is 6.33 Å². The number of aryl methyl sites for hydroxylation is 1. The topological polar surface area (TPSA) is 43.8 Å². The molecular formula is C9H16ClN3. The average Bonchev–Trinajstić information content (AvgIpc) is 2.31. The molecule has 0 fully saturated rings. The fourth-order valence-corrected chi connectivity index (χ4v) is 2.07.